The summed E-state index contributed by atoms with van der Waals surface area (Å²) in [6, 6.07) is 17.2. The fourth-order valence-electron chi connectivity index (χ4n) is 4.63. The van der Waals surface area contributed by atoms with Crippen LogP contribution in [0.1, 0.15) is 22.6 Å². The maximum atomic E-state index is 12.9. The normalized spacial score (nSPS) is 24.5. The van der Waals surface area contributed by atoms with Crippen LogP contribution in [0.25, 0.3) is 0 Å². The Morgan fingerprint density at radius 2 is 1.75 bits per heavy atom. The highest BCUT2D eigenvalue weighted by molar-refractivity contribution is 6.01. The van der Waals surface area contributed by atoms with Crippen LogP contribution >= 0.6 is 12.4 Å². The Morgan fingerprint density at radius 1 is 0.958 bits per heavy atom. The highest BCUT2D eigenvalue weighted by Gasteiger charge is 2.47. The zero-order valence-corrected chi connectivity index (χ0v) is 14.3. The van der Waals surface area contributed by atoms with Gasteiger partial charge in [-0.1, -0.05) is 48.5 Å². The molecule has 5 rings (SSSR count). The first-order valence-corrected chi connectivity index (χ1v) is 8.51. The van der Waals surface area contributed by atoms with E-state index in [0.29, 0.717) is 11.8 Å². The highest BCUT2D eigenvalue weighted by Crippen LogP contribution is 2.47. The first-order valence-electron chi connectivity index (χ1n) is 8.51. The van der Waals surface area contributed by atoms with Gasteiger partial charge >= 0.3 is 0 Å². The quantitative estimate of drug-likeness (QED) is 0.838. The standard InChI is InChI=1S/C20H20N2O.ClH/c23-20-18-13-21(11-14-5-2-1-3-6-14)12-17(18)16-8-4-7-15-9-10-22(20)19(15)16;/h1-8,17-18H,9-13H2;1H/t17-,18-;/m0./s1. The van der Waals surface area contributed by atoms with E-state index >= 15 is 0 Å². The van der Waals surface area contributed by atoms with Crippen molar-refractivity contribution < 1.29 is 4.79 Å². The lowest BCUT2D eigenvalue weighted by molar-refractivity contribution is -0.122. The van der Waals surface area contributed by atoms with E-state index in [2.05, 4.69) is 58.3 Å². The lowest BCUT2D eigenvalue weighted by Gasteiger charge is -2.33. The number of nitrogens with zero attached hydrogens (tertiary/aromatic N) is 2. The van der Waals surface area contributed by atoms with E-state index in [1.165, 1.54) is 22.4 Å². The summed E-state index contributed by atoms with van der Waals surface area (Å²) in [5, 5.41) is 0. The largest absolute Gasteiger partial charge is 0.311 e. The topological polar surface area (TPSA) is 23.6 Å². The van der Waals surface area contributed by atoms with Gasteiger partial charge in [0.05, 0.1) is 11.6 Å². The Morgan fingerprint density at radius 3 is 2.58 bits per heavy atom. The average Bonchev–Trinajstić information content (AvgIpc) is 3.19. The molecule has 0 aliphatic carbocycles. The van der Waals surface area contributed by atoms with Crippen molar-refractivity contribution in [2.75, 3.05) is 24.5 Å². The molecule has 3 nitrogen and oxygen atoms in total. The molecule has 2 atom stereocenters. The first kappa shape index (κ1) is 15.7. The number of carbonyl (C=O) groups excluding carboxylic acids is 1. The molecule has 4 heteroatoms. The zero-order valence-electron chi connectivity index (χ0n) is 13.5. The maximum Gasteiger partial charge on any atom is 0.232 e. The van der Waals surface area contributed by atoms with Gasteiger partial charge in [0.1, 0.15) is 0 Å². The summed E-state index contributed by atoms with van der Waals surface area (Å²) in [6.45, 7) is 3.69. The fourth-order valence-corrected chi connectivity index (χ4v) is 4.63. The Kier molecular flexibility index (Phi) is 3.86. The van der Waals surface area contributed by atoms with Crippen molar-refractivity contribution in [2.45, 2.75) is 18.9 Å². The van der Waals surface area contributed by atoms with Gasteiger partial charge in [-0.2, -0.15) is 0 Å². The third-order valence-corrected chi connectivity index (χ3v) is 5.65. The number of amides is 1. The minimum Gasteiger partial charge on any atom is -0.311 e. The molecule has 0 radical (unpaired) electrons. The van der Waals surface area contributed by atoms with E-state index in [4.69, 9.17) is 0 Å². The monoisotopic (exact) mass is 340 g/mol. The second-order valence-corrected chi connectivity index (χ2v) is 6.99. The Balaban J connectivity index is 0.00000146. The Hall–Kier alpha value is -1.84. The molecule has 124 valence electrons. The molecule has 24 heavy (non-hydrogen) atoms. The van der Waals surface area contributed by atoms with E-state index < -0.39 is 0 Å². The van der Waals surface area contributed by atoms with Crippen LogP contribution in [-0.2, 0) is 17.8 Å². The van der Waals surface area contributed by atoms with E-state index in [-0.39, 0.29) is 18.3 Å². The predicted molar refractivity (Wildman–Crippen MR) is 97.7 cm³/mol. The van der Waals surface area contributed by atoms with Crippen molar-refractivity contribution in [3.8, 4) is 0 Å². The lowest BCUT2D eigenvalue weighted by atomic mass is 9.83. The third kappa shape index (κ3) is 2.27. The highest BCUT2D eigenvalue weighted by atomic mass is 35.5. The van der Waals surface area contributed by atoms with Gasteiger partial charge in [-0.25, -0.2) is 0 Å². The Bertz CT molecular complexity index is 776. The Labute approximate surface area is 148 Å². The summed E-state index contributed by atoms with van der Waals surface area (Å²) in [7, 11) is 0. The van der Waals surface area contributed by atoms with Crippen molar-refractivity contribution in [3.05, 3.63) is 65.2 Å². The molecule has 0 bridgehead atoms. The molecule has 1 fully saturated rings. The van der Waals surface area contributed by atoms with Crippen LogP contribution in [0.4, 0.5) is 5.69 Å². The number of anilines is 1. The second kappa shape index (κ2) is 5.91. The molecular formula is C20H21ClN2O. The van der Waals surface area contributed by atoms with Crippen molar-refractivity contribution >= 4 is 24.0 Å². The number of hydrogen-bond acceptors (Lipinski definition) is 2. The van der Waals surface area contributed by atoms with Crippen molar-refractivity contribution in [1.29, 1.82) is 0 Å². The van der Waals surface area contributed by atoms with Gasteiger partial charge in [-0.15, -0.1) is 12.4 Å². The molecule has 3 heterocycles. The van der Waals surface area contributed by atoms with Crippen LogP contribution in [0.3, 0.4) is 0 Å². The summed E-state index contributed by atoms with van der Waals surface area (Å²) in [4.78, 5) is 17.4. The van der Waals surface area contributed by atoms with Gasteiger partial charge in [0.25, 0.3) is 0 Å². The van der Waals surface area contributed by atoms with Crippen LogP contribution in [0.2, 0.25) is 0 Å². The minimum absolute atomic E-state index is 0. The van der Waals surface area contributed by atoms with Gasteiger partial charge in [0, 0.05) is 32.1 Å². The number of benzene rings is 2. The number of carbonyl (C=O) groups is 1. The molecule has 1 saturated heterocycles. The summed E-state index contributed by atoms with van der Waals surface area (Å²) in [5.74, 6) is 0.859. The molecule has 0 N–H and O–H groups in total. The lowest BCUT2D eigenvalue weighted by Crippen LogP contribution is -2.41. The van der Waals surface area contributed by atoms with Crippen LogP contribution in [0.15, 0.2) is 48.5 Å². The fraction of sp³-hybridized carbons (Fsp3) is 0.350. The molecule has 1 amide bonds. The summed E-state index contributed by atoms with van der Waals surface area (Å²) in [6.07, 6.45) is 1.02. The van der Waals surface area contributed by atoms with Crippen LogP contribution < -0.4 is 4.90 Å². The molecular weight excluding hydrogens is 320 g/mol. The summed E-state index contributed by atoms with van der Waals surface area (Å²) >= 11 is 0. The molecule has 0 saturated carbocycles. The molecule has 3 aliphatic rings. The van der Waals surface area contributed by atoms with E-state index in [1.807, 2.05) is 0 Å². The molecule has 2 aromatic rings. The summed E-state index contributed by atoms with van der Waals surface area (Å²) < 4.78 is 0. The third-order valence-electron chi connectivity index (χ3n) is 5.65. The number of fused-ring (bicyclic) bond motifs is 2. The SMILES string of the molecule is Cl.O=C1[C@H]2CN(Cc3ccccc3)C[C@H]2c2cccc3c2N1CC3. The summed E-state index contributed by atoms with van der Waals surface area (Å²) in [5.41, 5.74) is 5.33. The van der Waals surface area contributed by atoms with Crippen LogP contribution in [-0.4, -0.2) is 30.4 Å². The molecule has 0 aromatic heterocycles. The zero-order chi connectivity index (χ0) is 15.4. The molecule has 0 spiro atoms. The first-order chi connectivity index (χ1) is 11.3. The van der Waals surface area contributed by atoms with Crippen molar-refractivity contribution in [2.24, 2.45) is 5.92 Å². The number of hydrogen-bond donors (Lipinski definition) is 0. The van der Waals surface area contributed by atoms with Crippen LogP contribution in [0.5, 0.6) is 0 Å². The van der Waals surface area contributed by atoms with E-state index in [9.17, 15) is 4.79 Å². The molecule has 2 aromatic carbocycles. The minimum atomic E-state index is 0. The van der Waals surface area contributed by atoms with E-state index in [0.717, 1.165) is 32.6 Å². The van der Waals surface area contributed by atoms with Crippen molar-refractivity contribution in [3.63, 3.8) is 0 Å². The van der Waals surface area contributed by atoms with E-state index in [1.54, 1.807) is 0 Å². The number of halogens is 1. The van der Waals surface area contributed by atoms with Gasteiger partial charge in [0.15, 0.2) is 0 Å². The number of rotatable bonds is 2. The maximum absolute atomic E-state index is 12.9. The van der Waals surface area contributed by atoms with Gasteiger partial charge in [-0.3, -0.25) is 9.69 Å². The van der Waals surface area contributed by atoms with Gasteiger partial charge in [0.2, 0.25) is 5.91 Å². The number of para-hydroxylation sites is 1. The van der Waals surface area contributed by atoms with Crippen LogP contribution in [0, 0.1) is 5.92 Å². The van der Waals surface area contributed by atoms with Gasteiger partial charge < -0.3 is 4.90 Å². The second-order valence-electron chi connectivity index (χ2n) is 6.99. The smallest absolute Gasteiger partial charge is 0.232 e. The predicted octanol–water partition coefficient (Wildman–Crippen LogP) is 3.23. The van der Waals surface area contributed by atoms with Gasteiger partial charge in [-0.05, 0) is 23.1 Å². The van der Waals surface area contributed by atoms with Crippen molar-refractivity contribution in [1.82, 2.24) is 4.90 Å². The molecule has 0 unspecified atom stereocenters. The number of likely N-dealkylation sites (tertiary alicyclic amines) is 1. The molecule has 3 aliphatic heterocycles. The average molecular weight is 341 g/mol.